The molecule has 74 valence electrons. The Bertz CT molecular complexity index is 275. The van der Waals surface area contributed by atoms with Crippen molar-refractivity contribution in [1.82, 2.24) is 20.5 Å². The normalized spacial score (nSPS) is 12.5. The first-order valence-electron chi connectivity index (χ1n) is 4.59. The first-order chi connectivity index (χ1) is 5.97. The highest BCUT2D eigenvalue weighted by Crippen LogP contribution is 2.16. The Kier molecular flexibility index (Phi) is 2.71. The molecule has 1 rings (SSSR count). The van der Waals surface area contributed by atoms with E-state index in [4.69, 9.17) is 0 Å². The molecule has 0 aliphatic rings. The highest BCUT2D eigenvalue weighted by atomic mass is 15.2. The van der Waals surface area contributed by atoms with Crippen molar-refractivity contribution in [3.8, 4) is 0 Å². The Labute approximate surface area is 79.2 Å². The topological polar surface area (TPSA) is 53.6 Å². The first-order valence-corrected chi connectivity index (χ1v) is 4.59. The van der Waals surface area contributed by atoms with Gasteiger partial charge in [0.25, 0.3) is 0 Å². The maximum Gasteiger partial charge on any atom is 0.170 e. The largest absolute Gasteiger partial charge is 0.308 e. The lowest BCUT2D eigenvalue weighted by Gasteiger charge is -2.19. The Hall–Kier alpha value is -0.900. The van der Waals surface area contributed by atoms with Crippen LogP contribution in [0, 0.1) is 0 Å². The minimum absolute atomic E-state index is 0.163. The van der Waals surface area contributed by atoms with Crippen LogP contribution in [0.1, 0.15) is 45.3 Å². The molecule has 2 N–H and O–H groups in total. The molecule has 0 spiro atoms. The molecule has 4 heteroatoms. The van der Waals surface area contributed by atoms with Gasteiger partial charge < -0.3 is 5.32 Å². The van der Waals surface area contributed by atoms with Crippen molar-refractivity contribution in [2.75, 3.05) is 7.05 Å². The van der Waals surface area contributed by atoms with Gasteiger partial charge in [-0.05, 0) is 20.9 Å². The lowest BCUT2D eigenvalue weighted by atomic mass is 10.1. The fraction of sp³-hybridized carbons (Fsp3) is 0.778. The van der Waals surface area contributed by atoms with Gasteiger partial charge in [-0.15, -0.1) is 0 Å². The van der Waals surface area contributed by atoms with Gasteiger partial charge in [0.05, 0.1) is 5.54 Å². The summed E-state index contributed by atoms with van der Waals surface area (Å²) in [6.07, 6.45) is 0. The van der Waals surface area contributed by atoms with Gasteiger partial charge in [0.15, 0.2) is 5.82 Å². The van der Waals surface area contributed by atoms with E-state index >= 15 is 0 Å². The van der Waals surface area contributed by atoms with Gasteiger partial charge in [0.1, 0.15) is 5.82 Å². The van der Waals surface area contributed by atoms with Gasteiger partial charge >= 0.3 is 0 Å². The van der Waals surface area contributed by atoms with Crippen molar-refractivity contribution >= 4 is 0 Å². The molecule has 4 nitrogen and oxygen atoms in total. The van der Waals surface area contributed by atoms with E-state index in [9.17, 15) is 0 Å². The van der Waals surface area contributed by atoms with E-state index in [-0.39, 0.29) is 5.54 Å². The molecule has 1 aromatic heterocycles. The maximum atomic E-state index is 4.42. The highest BCUT2D eigenvalue weighted by molar-refractivity contribution is 5.04. The molecule has 0 aliphatic heterocycles. The second kappa shape index (κ2) is 3.46. The maximum absolute atomic E-state index is 4.42. The van der Waals surface area contributed by atoms with Gasteiger partial charge in [0, 0.05) is 5.92 Å². The summed E-state index contributed by atoms with van der Waals surface area (Å²) in [6.45, 7) is 8.30. The van der Waals surface area contributed by atoms with Crippen molar-refractivity contribution < 1.29 is 0 Å². The van der Waals surface area contributed by atoms with Crippen LogP contribution >= 0.6 is 0 Å². The van der Waals surface area contributed by atoms with Crippen LogP contribution < -0.4 is 5.32 Å². The molecule has 1 aromatic rings. The minimum atomic E-state index is -0.163. The zero-order chi connectivity index (χ0) is 10.1. The average molecular weight is 182 g/mol. The molecule has 0 radical (unpaired) electrons. The van der Waals surface area contributed by atoms with E-state index in [1.807, 2.05) is 7.05 Å². The Balaban J connectivity index is 2.91. The smallest absolute Gasteiger partial charge is 0.170 e. The minimum Gasteiger partial charge on any atom is -0.308 e. The number of H-pyrrole nitrogens is 1. The Morgan fingerprint density at radius 2 is 2.00 bits per heavy atom. The molecule has 13 heavy (non-hydrogen) atoms. The van der Waals surface area contributed by atoms with Crippen LogP contribution in [-0.4, -0.2) is 22.2 Å². The van der Waals surface area contributed by atoms with Crippen LogP contribution in [-0.2, 0) is 5.54 Å². The van der Waals surface area contributed by atoms with Gasteiger partial charge in [-0.2, -0.15) is 5.10 Å². The zero-order valence-electron chi connectivity index (χ0n) is 8.97. The second-order valence-corrected chi connectivity index (χ2v) is 4.07. The lowest BCUT2D eigenvalue weighted by molar-refractivity contribution is 0.418. The van der Waals surface area contributed by atoms with Crippen LogP contribution in [0.15, 0.2) is 0 Å². The summed E-state index contributed by atoms with van der Waals surface area (Å²) in [7, 11) is 1.91. The third-order valence-electron chi connectivity index (χ3n) is 2.23. The standard InChI is InChI=1S/C9H18N4/c1-6(2)7-11-8(13-12-7)9(3,4)10-5/h6,10H,1-5H3,(H,11,12,13). The summed E-state index contributed by atoms with van der Waals surface area (Å²) in [5.41, 5.74) is -0.163. The van der Waals surface area contributed by atoms with E-state index in [0.717, 1.165) is 11.6 Å². The first kappa shape index (κ1) is 10.2. The summed E-state index contributed by atoms with van der Waals surface area (Å²) in [6, 6.07) is 0. The van der Waals surface area contributed by atoms with Gasteiger partial charge in [-0.1, -0.05) is 13.8 Å². The van der Waals surface area contributed by atoms with E-state index in [1.54, 1.807) is 0 Å². The predicted octanol–water partition coefficient (Wildman–Crippen LogP) is 1.38. The van der Waals surface area contributed by atoms with Gasteiger partial charge in [-0.3, -0.25) is 5.10 Å². The second-order valence-electron chi connectivity index (χ2n) is 4.07. The third-order valence-corrected chi connectivity index (χ3v) is 2.23. The van der Waals surface area contributed by atoms with Crippen molar-refractivity contribution in [2.45, 2.75) is 39.2 Å². The number of hydrogen-bond acceptors (Lipinski definition) is 3. The zero-order valence-corrected chi connectivity index (χ0v) is 8.97. The van der Waals surface area contributed by atoms with E-state index < -0.39 is 0 Å². The molecule has 0 fully saturated rings. The summed E-state index contributed by atoms with van der Waals surface area (Å²) < 4.78 is 0. The molecule has 1 heterocycles. The predicted molar refractivity (Wildman–Crippen MR) is 52.6 cm³/mol. The number of hydrogen-bond donors (Lipinski definition) is 2. The van der Waals surface area contributed by atoms with E-state index in [0.29, 0.717) is 5.92 Å². The van der Waals surface area contributed by atoms with E-state index in [1.165, 1.54) is 0 Å². The SMILES string of the molecule is CNC(C)(C)c1n[nH]c(C(C)C)n1. The number of nitrogens with one attached hydrogen (secondary N) is 2. The average Bonchev–Trinajstić information content (AvgIpc) is 2.52. The van der Waals surface area contributed by atoms with E-state index in [2.05, 4.69) is 48.2 Å². The summed E-state index contributed by atoms with van der Waals surface area (Å²) in [4.78, 5) is 4.42. The molecule has 0 amide bonds. The number of nitrogens with zero attached hydrogens (tertiary/aromatic N) is 2. The van der Waals surface area contributed by atoms with Crippen LogP contribution in [0.2, 0.25) is 0 Å². The summed E-state index contributed by atoms with van der Waals surface area (Å²) in [5.74, 6) is 2.16. The quantitative estimate of drug-likeness (QED) is 0.742. The summed E-state index contributed by atoms with van der Waals surface area (Å²) in [5, 5.41) is 10.3. The number of aromatic amines is 1. The van der Waals surface area contributed by atoms with Crippen molar-refractivity contribution in [3.05, 3.63) is 11.6 Å². The summed E-state index contributed by atoms with van der Waals surface area (Å²) >= 11 is 0. The van der Waals surface area contributed by atoms with Crippen LogP contribution in [0.25, 0.3) is 0 Å². The third kappa shape index (κ3) is 2.06. The Morgan fingerprint density at radius 3 is 2.38 bits per heavy atom. The molecule has 0 bridgehead atoms. The molecule has 0 atom stereocenters. The molecular weight excluding hydrogens is 164 g/mol. The fourth-order valence-electron chi connectivity index (χ4n) is 0.924. The molecule has 0 unspecified atom stereocenters. The molecule has 0 saturated heterocycles. The number of aromatic nitrogens is 3. The molecule has 0 saturated carbocycles. The van der Waals surface area contributed by atoms with Crippen molar-refractivity contribution in [1.29, 1.82) is 0 Å². The monoisotopic (exact) mass is 182 g/mol. The fourth-order valence-corrected chi connectivity index (χ4v) is 0.924. The van der Waals surface area contributed by atoms with Crippen molar-refractivity contribution in [3.63, 3.8) is 0 Å². The van der Waals surface area contributed by atoms with Crippen LogP contribution in [0.3, 0.4) is 0 Å². The van der Waals surface area contributed by atoms with Gasteiger partial charge in [0.2, 0.25) is 0 Å². The lowest BCUT2D eigenvalue weighted by Crippen LogP contribution is -2.34. The molecule has 0 aliphatic carbocycles. The highest BCUT2D eigenvalue weighted by Gasteiger charge is 2.23. The van der Waals surface area contributed by atoms with Crippen molar-refractivity contribution in [2.24, 2.45) is 0 Å². The molecule has 0 aromatic carbocycles. The Morgan fingerprint density at radius 1 is 1.38 bits per heavy atom. The van der Waals surface area contributed by atoms with Crippen LogP contribution in [0.5, 0.6) is 0 Å². The number of rotatable bonds is 3. The van der Waals surface area contributed by atoms with Gasteiger partial charge in [-0.25, -0.2) is 4.98 Å². The van der Waals surface area contributed by atoms with Crippen LogP contribution in [0.4, 0.5) is 0 Å². The molecular formula is C9H18N4.